The van der Waals surface area contributed by atoms with Crippen LogP contribution in [0, 0.1) is 5.92 Å². The van der Waals surface area contributed by atoms with Gasteiger partial charge < -0.3 is 5.73 Å². The summed E-state index contributed by atoms with van der Waals surface area (Å²) >= 11 is 23.2. The summed E-state index contributed by atoms with van der Waals surface area (Å²) in [6, 6.07) is 3.40. The van der Waals surface area contributed by atoms with E-state index in [2.05, 4.69) is 0 Å². The van der Waals surface area contributed by atoms with Crippen LogP contribution in [-0.4, -0.2) is 4.99 Å². The van der Waals surface area contributed by atoms with Crippen LogP contribution in [0.4, 0.5) is 0 Å². The molecule has 0 saturated heterocycles. The minimum Gasteiger partial charge on any atom is -0.393 e. The molecule has 0 amide bonds. The molecule has 0 fully saturated rings. The molecule has 0 aliphatic carbocycles. The molecule has 0 heterocycles. The zero-order valence-electron chi connectivity index (χ0n) is 8.93. The predicted molar refractivity (Wildman–Crippen MR) is 75.8 cm³/mol. The van der Waals surface area contributed by atoms with E-state index in [-0.39, 0.29) is 11.8 Å². The highest BCUT2D eigenvalue weighted by Crippen LogP contribution is 2.39. The Kier molecular flexibility index (Phi) is 4.87. The quantitative estimate of drug-likeness (QED) is 0.648. The topological polar surface area (TPSA) is 26.0 Å². The highest BCUT2D eigenvalue weighted by Gasteiger charge is 2.22. The maximum absolute atomic E-state index is 6.14. The Balaban J connectivity index is 3.22. The Morgan fingerprint density at radius 3 is 2.19 bits per heavy atom. The molecule has 2 unspecified atom stereocenters. The lowest BCUT2D eigenvalue weighted by Gasteiger charge is -2.21. The molecule has 0 spiro atoms. The molecule has 2 atom stereocenters. The van der Waals surface area contributed by atoms with E-state index in [0.717, 1.165) is 5.56 Å². The first-order valence-electron chi connectivity index (χ1n) is 4.79. The molecule has 0 aliphatic heterocycles. The van der Waals surface area contributed by atoms with Gasteiger partial charge in [0.15, 0.2) is 0 Å². The monoisotopic (exact) mass is 295 g/mol. The first kappa shape index (κ1) is 14.0. The summed E-state index contributed by atoms with van der Waals surface area (Å²) in [6.07, 6.45) is 0. The van der Waals surface area contributed by atoms with Crippen LogP contribution >= 0.6 is 47.0 Å². The molecule has 16 heavy (non-hydrogen) atoms. The van der Waals surface area contributed by atoms with Crippen molar-refractivity contribution in [3.8, 4) is 0 Å². The van der Waals surface area contributed by atoms with Gasteiger partial charge in [0.25, 0.3) is 0 Å². The number of thiocarbonyl (C=S) groups is 1. The maximum atomic E-state index is 6.14. The van der Waals surface area contributed by atoms with Crippen LogP contribution in [0.15, 0.2) is 12.1 Å². The minimum absolute atomic E-state index is 0.0171. The van der Waals surface area contributed by atoms with E-state index >= 15 is 0 Å². The Hall–Kier alpha value is -0.0200. The van der Waals surface area contributed by atoms with Crippen LogP contribution in [0.25, 0.3) is 0 Å². The van der Waals surface area contributed by atoms with Gasteiger partial charge in [-0.25, -0.2) is 0 Å². The van der Waals surface area contributed by atoms with Gasteiger partial charge in [-0.05, 0) is 23.6 Å². The fourth-order valence-electron chi connectivity index (χ4n) is 1.46. The van der Waals surface area contributed by atoms with Crippen LogP contribution in [0.3, 0.4) is 0 Å². The van der Waals surface area contributed by atoms with Gasteiger partial charge in [0.2, 0.25) is 0 Å². The van der Waals surface area contributed by atoms with Crippen LogP contribution in [-0.2, 0) is 0 Å². The molecule has 88 valence electrons. The standard InChI is InChI=1S/C11H12Cl3NS/c1-5(6(2)11(15)16)9-7(12)3-4-8(13)10(9)14/h3-6H,1-2H3,(H2,15,16). The van der Waals surface area contributed by atoms with Gasteiger partial charge in [-0.1, -0.05) is 60.9 Å². The SMILES string of the molecule is CC(C(N)=S)C(C)c1c(Cl)ccc(Cl)c1Cl. The Labute approximate surface area is 116 Å². The summed E-state index contributed by atoms with van der Waals surface area (Å²) in [5, 5.41) is 1.55. The van der Waals surface area contributed by atoms with Gasteiger partial charge in [0.1, 0.15) is 0 Å². The summed E-state index contributed by atoms with van der Waals surface area (Å²) in [5.74, 6) is 0.0552. The molecule has 0 radical (unpaired) electrons. The Morgan fingerprint density at radius 2 is 1.69 bits per heavy atom. The number of benzene rings is 1. The van der Waals surface area contributed by atoms with E-state index in [4.69, 9.17) is 52.8 Å². The van der Waals surface area contributed by atoms with Gasteiger partial charge in [0, 0.05) is 10.9 Å². The van der Waals surface area contributed by atoms with Crippen LogP contribution in [0.2, 0.25) is 15.1 Å². The Morgan fingerprint density at radius 1 is 1.19 bits per heavy atom. The maximum Gasteiger partial charge on any atom is 0.0762 e. The third-order valence-corrected chi connectivity index (χ3v) is 4.25. The van der Waals surface area contributed by atoms with E-state index in [1.165, 1.54) is 0 Å². The first-order chi connectivity index (χ1) is 7.36. The highest BCUT2D eigenvalue weighted by molar-refractivity contribution is 7.80. The van der Waals surface area contributed by atoms with Gasteiger partial charge in [-0.2, -0.15) is 0 Å². The largest absolute Gasteiger partial charge is 0.393 e. The average molecular weight is 297 g/mol. The molecule has 2 N–H and O–H groups in total. The molecular formula is C11H12Cl3NS. The average Bonchev–Trinajstić information content (AvgIpc) is 2.22. The summed E-state index contributed by atoms with van der Waals surface area (Å²) in [7, 11) is 0. The normalized spacial score (nSPS) is 14.6. The summed E-state index contributed by atoms with van der Waals surface area (Å²) < 4.78 is 0. The van der Waals surface area contributed by atoms with Gasteiger partial charge in [-0.3, -0.25) is 0 Å². The smallest absolute Gasteiger partial charge is 0.0762 e. The molecule has 5 heteroatoms. The summed E-state index contributed by atoms with van der Waals surface area (Å²) in [6.45, 7) is 3.92. The molecule has 1 rings (SSSR count). The van der Waals surface area contributed by atoms with Crippen molar-refractivity contribution < 1.29 is 0 Å². The van der Waals surface area contributed by atoms with Crippen molar-refractivity contribution in [3.63, 3.8) is 0 Å². The first-order valence-corrected chi connectivity index (χ1v) is 6.33. The Bertz CT molecular complexity index is 420. The van der Waals surface area contributed by atoms with E-state index in [9.17, 15) is 0 Å². The van der Waals surface area contributed by atoms with Crippen molar-refractivity contribution in [2.24, 2.45) is 11.7 Å². The predicted octanol–water partition coefficient (Wildman–Crippen LogP) is 4.67. The highest BCUT2D eigenvalue weighted by atomic mass is 35.5. The van der Waals surface area contributed by atoms with Crippen molar-refractivity contribution in [2.75, 3.05) is 0 Å². The van der Waals surface area contributed by atoms with E-state index in [0.29, 0.717) is 20.1 Å². The second-order valence-electron chi connectivity index (χ2n) is 3.74. The zero-order valence-corrected chi connectivity index (χ0v) is 12.0. The van der Waals surface area contributed by atoms with Crippen molar-refractivity contribution in [1.29, 1.82) is 0 Å². The molecular weight excluding hydrogens is 285 g/mol. The van der Waals surface area contributed by atoms with E-state index in [1.807, 2.05) is 13.8 Å². The second kappa shape index (κ2) is 5.54. The lowest BCUT2D eigenvalue weighted by Crippen LogP contribution is -2.23. The lowest BCUT2D eigenvalue weighted by molar-refractivity contribution is 0.627. The third-order valence-electron chi connectivity index (χ3n) is 2.73. The van der Waals surface area contributed by atoms with Crippen molar-refractivity contribution in [3.05, 3.63) is 32.8 Å². The van der Waals surface area contributed by atoms with Crippen LogP contribution in [0.1, 0.15) is 25.3 Å². The third kappa shape index (κ3) is 2.80. The van der Waals surface area contributed by atoms with Crippen LogP contribution in [0.5, 0.6) is 0 Å². The van der Waals surface area contributed by atoms with E-state index in [1.54, 1.807) is 12.1 Å². The van der Waals surface area contributed by atoms with Gasteiger partial charge >= 0.3 is 0 Å². The van der Waals surface area contributed by atoms with Crippen molar-refractivity contribution in [2.45, 2.75) is 19.8 Å². The molecule has 1 aromatic rings. The number of halogens is 3. The fourth-order valence-corrected chi connectivity index (χ4v) is 2.54. The number of hydrogen-bond acceptors (Lipinski definition) is 1. The number of rotatable bonds is 3. The molecule has 0 aliphatic rings. The molecule has 1 nitrogen and oxygen atoms in total. The van der Waals surface area contributed by atoms with Crippen LogP contribution < -0.4 is 5.73 Å². The summed E-state index contributed by atoms with van der Waals surface area (Å²) in [4.78, 5) is 0.444. The molecule has 1 aromatic carbocycles. The number of hydrogen-bond donors (Lipinski definition) is 1. The van der Waals surface area contributed by atoms with Gasteiger partial charge in [0.05, 0.1) is 15.0 Å². The van der Waals surface area contributed by atoms with Crippen molar-refractivity contribution >= 4 is 52.0 Å². The minimum atomic E-state index is 0.0171. The van der Waals surface area contributed by atoms with E-state index < -0.39 is 0 Å². The molecule has 0 aromatic heterocycles. The lowest BCUT2D eigenvalue weighted by atomic mass is 9.89. The zero-order chi connectivity index (χ0) is 12.5. The van der Waals surface area contributed by atoms with Gasteiger partial charge in [-0.15, -0.1) is 0 Å². The second-order valence-corrected chi connectivity index (χ2v) is 5.40. The fraction of sp³-hybridized carbons (Fsp3) is 0.364. The molecule has 0 bridgehead atoms. The molecule has 0 saturated carbocycles. The summed E-state index contributed by atoms with van der Waals surface area (Å²) in [5.41, 5.74) is 6.43. The van der Waals surface area contributed by atoms with Crippen molar-refractivity contribution in [1.82, 2.24) is 0 Å². The number of nitrogens with two attached hydrogens (primary N) is 1.